The summed E-state index contributed by atoms with van der Waals surface area (Å²) in [5.41, 5.74) is 0. The van der Waals surface area contributed by atoms with Crippen LogP contribution in [0.3, 0.4) is 0 Å². The number of hydrogen-bond acceptors (Lipinski definition) is 4. The number of H-pyrrole nitrogens is 1. The summed E-state index contributed by atoms with van der Waals surface area (Å²) in [4.78, 5) is 17.6. The molecule has 1 aromatic heterocycles. The zero-order valence-electron chi connectivity index (χ0n) is 8.67. The van der Waals surface area contributed by atoms with Crippen LogP contribution in [0.1, 0.15) is 6.92 Å². The first-order valence-electron chi connectivity index (χ1n) is 4.81. The van der Waals surface area contributed by atoms with Crippen LogP contribution < -0.4 is 5.32 Å². The molecule has 88 valence electrons. The van der Waals surface area contributed by atoms with Gasteiger partial charge in [0.25, 0.3) is 10.0 Å². The van der Waals surface area contributed by atoms with Gasteiger partial charge in [0, 0.05) is 13.1 Å². The van der Waals surface area contributed by atoms with Crippen LogP contribution in [0.25, 0.3) is 0 Å². The number of nitrogens with zero attached hydrogens (tertiary/aromatic N) is 2. The average Bonchev–Trinajstić information content (AvgIpc) is 2.75. The maximum absolute atomic E-state index is 12.1. The Labute approximate surface area is 92.9 Å². The number of rotatable bonds is 2. The van der Waals surface area contributed by atoms with Gasteiger partial charge >= 0.3 is 0 Å². The third kappa shape index (κ3) is 1.69. The van der Waals surface area contributed by atoms with Crippen LogP contribution in [-0.4, -0.2) is 47.7 Å². The Hall–Kier alpha value is -1.41. The zero-order valence-corrected chi connectivity index (χ0v) is 9.49. The topological polar surface area (TPSA) is 95.2 Å². The number of sulfonamides is 1. The van der Waals surface area contributed by atoms with Crippen molar-refractivity contribution in [2.45, 2.75) is 18.0 Å². The molecule has 2 heterocycles. The van der Waals surface area contributed by atoms with Gasteiger partial charge in [0.1, 0.15) is 6.04 Å². The van der Waals surface area contributed by atoms with E-state index in [0.29, 0.717) is 6.54 Å². The predicted octanol–water partition coefficient (Wildman–Crippen LogP) is -1.08. The summed E-state index contributed by atoms with van der Waals surface area (Å²) in [5, 5.41) is 2.62. The van der Waals surface area contributed by atoms with Crippen molar-refractivity contribution < 1.29 is 13.2 Å². The molecular formula is C8H12N4O3S. The van der Waals surface area contributed by atoms with Gasteiger partial charge in [-0.1, -0.05) is 0 Å². The Kier molecular flexibility index (Phi) is 2.68. The van der Waals surface area contributed by atoms with Gasteiger partial charge in [-0.2, -0.15) is 4.31 Å². The normalized spacial score (nSPS) is 23.1. The fourth-order valence-electron chi connectivity index (χ4n) is 1.60. The third-order valence-electron chi connectivity index (χ3n) is 2.50. The van der Waals surface area contributed by atoms with E-state index in [0.717, 1.165) is 0 Å². The second kappa shape index (κ2) is 3.87. The van der Waals surface area contributed by atoms with Crippen molar-refractivity contribution in [1.82, 2.24) is 19.6 Å². The molecule has 0 aromatic carbocycles. The van der Waals surface area contributed by atoms with Crippen LogP contribution in [-0.2, 0) is 14.8 Å². The van der Waals surface area contributed by atoms with Crippen molar-refractivity contribution in [3.8, 4) is 0 Å². The van der Waals surface area contributed by atoms with Crippen molar-refractivity contribution in [1.29, 1.82) is 0 Å². The summed E-state index contributed by atoms with van der Waals surface area (Å²) in [6, 6.07) is -0.693. The lowest BCUT2D eigenvalue weighted by atomic mass is 10.2. The minimum atomic E-state index is -3.65. The van der Waals surface area contributed by atoms with Crippen molar-refractivity contribution >= 4 is 15.9 Å². The first kappa shape index (κ1) is 11.1. The molecule has 0 aliphatic carbocycles. The Morgan fingerprint density at radius 2 is 2.31 bits per heavy atom. The molecule has 2 N–H and O–H groups in total. The molecule has 1 unspecified atom stereocenters. The summed E-state index contributed by atoms with van der Waals surface area (Å²) in [6.45, 7) is 2.16. The van der Waals surface area contributed by atoms with Gasteiger partial charge in [0.15, 0.2) is 5.03 Å². The fraction of sp³-hybridized carbons (Fsp3) is 0.500. The molecular weight excluding hydrogens is 232 g/mol. The molecule has 1 aliphatic heterocycles. The molecule has 16 heavy (non-hydrogen) atoms. The van der Waals surface area contributed by atoms with E-state index in [2.05, 4.69) is 15.3 Å². The second-order valence-corrected chi connectivity index (χ2v) is 5.36. The molecule has 1 atom stereocenters. The fourth-order valence-corrected chi connectivity index (χ4v) is 3.09. The highest BCUT2D eigenvalue weighted by molar-refractivity contribution is 7.89. The maximum atomic E-state index is 12.1. The molecule has 2 rings (SSSR count). The number of imidazole rings is 1. The van der Waals surface area contributed by atoms with Crippen LogP contribution in [0, 0.1) is 0 Å². The Balaban J connectivity index is 2.34. The Morgan fingerprint density at radius 1 is 1.56 bits per heavy atom. The van der Waals surface area contributed by atoms with E-state index in [-0.39, 0.29) is 17.5 Å². The van der Waals surface area contributed by atoms with E-state index >= 15 is 0 Å². The van der Waals surface area contributed by atoms with E-state index in [9.17, 15) is 13.2 Å². The largest absolute Gasteiger partial charge is 0.353 e. The lowest BCUT2D eigenvalue weighted by Gasteiger charge is -2.31. The molecule has 0 bridgehead atoms. The van der Waals surface area contributed by atoms with Gasteiger partial charge < -0.3 is 10.3 Å². The first-order valence-corrected chi connectivity index (χ1v) is 6.25. The summed E-state index contributed by atoms with van der Waals surface area (Å²) >= 11 is 0. The number of aromatic nitrogens is 2. The quantitative estimate of drug-likeness (QED) is 0.691. The summed E-state index contributed by atoms with van der Waals surface area (Å²) < 4.78 is 25.3. The molecule has 0 radical (unpaired) electrons. The van der Waals surface area contributed by atoms with Crippen molar-refractivity contribution in [3.05, 3.63) is 12.5 Å². The van der Waals surface area contributed by atoms with Crippen molar-refractivity contribution in [3.63, 3.8) is 0 Å². The van der Waals surface area contributed by atoms with Gasteiger partial charge in [0.05, 0.1) is 12.5 Å². The van der Waals surface area contributed by atoms with E-state index in [1.165, 1.54) is 16.8 Å². The Morgan fingerprint density at radius 3 is 2.94 bits per heavy atom. The lowest BCUT2D eigenvalue weighted by Crippen LogP contribution is -2.55. The zero-order chi connectivity index (χ0) is 11.8. The number of amides is 1. The predicted molar refractivity (Wildman–Crippen MR) is 55.0 cm³/mol. The maximum Gasteiger partial charge on any atom is 0.260 e. The number of carbonyl (C=O) groups excluding carboxylic acids is 1. The standard InChI is InChI=1S/C8H12N4O3S/c1-6-8(13)10-2-3-12(6)16(14,15)7-4-9-5-11-7/h4-6H,2-3H2,1H3,(H,9,11)(H,10,13). The highest BCUT2D eigenvalue weighted by Crippen LogP contribution is 2.16. The van der Waals surface area contributed by atoms with Crippen LogP contribution in [0.15, 0.2) is 17.6 Å². The SMILES string of the molecule is CC1C(=O)NCCN1S(=O)(=O)c1cnc[nH]1. The van der Waals surface area contributed by atoms with Gasteiger partial charge in [-0.25, -0.2) is 13.4 Å². The summed E-state index contributed by atoms with van der Waals surface area (Å²) in [5.74, 6) is -0.283. The van der Waals surface area contributed by atoms with E-state index in [1.54, 1.807) is 6.92 Å². The van der Waals surface area contributed by atoms with E-state index < -0.39 is 16.1 Å². The van der Waals surface area contributed by atoms with Gasteiger partial charge in [-0.3, -0.25) is 4.79 Å². The van der Waals surface area contributed by atoms with Crippen LogP contribution in [0.2, 0.25) is 0 Å². The first-order chi connectivity index (χ1) is 7.53. The summed E-state index contributed by atoms with van der Waals surface area (Å²) in [6.07, 6.45) is 2.52. The third-order valence-corrected chi connectivity index (χ3v) is 4.40. The van der Waals surface area contributed by atoms with Crippen molar-refractivity contribution in [2.75, 3.05) is 13.1 Å². The minimum absolute atomic E-state index is 0.00838. The molecule has 1 fully saturated rings. The van der Waals surface area contributed by atoms with E-state index in [4.69, 9.17) is 0 Å². The molecule has 7 nitrogen and oxygen atoms in total. The van der Waals surface area contributed by atoms with Crippen LogP contribution in [0.4, 0.5) is 0 Å². The average molecular weight is 244 g/mol. The molecule has 0 spiro atoms. The molecule has 0 saturated carbocycles. The molecule has 8 heteroatoms. The van der Waals surface area contributed by atoms with Crippen LogP contribution in [0.5, 0.6) is 0 Å². The number of piperazine rings is 1. The van der Waals surface area contributed by atoms with Gasteiger partial charge in [0.2, 0.25) is 5.91 Å². The number of aromatic amines is 1. The van der Waals surface area contributed by atoms with E-state index in [1.807, 2.05) is 0 Å². The van der Waals surface area contributed by atoms with Crippen molar-refractivity contribution in [2.24, 2.45) is 0 Å². The molecule has 1 amide bonds. The number of nitrogens with one attached hydrogen (secondary N) is 2. The monoisotopic (exact) mass is 244 g/mol. The van der Waals surface area contributed by atoms with Gasteiger partial charge in [-0.15, -0.1) is 0 Å². The summed E-state index contributed by atoms with van der Waals surface area (Å²) in [7, 11) is -3.65. The highest BCUT2D eigenvalue weighted by Gasteiger charge is 2.36. The smallest absolute Gasteiger partial charge is 0.260 e. The second-order valence-electron chi connectivity index (χ2n) is 3.50. The molecule has 1 aromatic rings. The number of hydrogen-bond donors (Lipinski definition) is 2. The molecule has 1 saturated heterocycles. The lowest BCUT2D eigenvalue weighted by molar-refractivity contribution is -0.126. The van der Waals surface area contributed by atoms with Gasteiger partial charge in [-0.05, 0) is 6.92 Å². The number of carbonyl (C=O) groups is 1. The minimum Gasteiger partial charge on any atom is -0.353 e. The Bertz CT molecular complexity index is 481. The highest BCUT2D eigenvalue weighted by atomic mass is 32.2. The molecule has 1 aliphatic rings. The van der Waals surface area contributed by atoms with Crippen LogP contribution >= 0.6 is 0 Å².